The molecule has 5 rings (SSSR count). The number of fused-ring (bicyclic) bond motifs is 1. The largest absolute Gasteiger partial charge is 0.424 e. The van der Waals surface area contributed by atoms with Crippen LogP contribution in [0.15, 0.2) is 47.1 Å². The van der Waals surface area contributed by atoms with Crippen LogP contribution in [0.5, 0.6) is 0 Å². The molecule has 2 aromatic heterocycles. The van der Waals surface area contributed by atoms with Gasteiger partial charge in [-0.05, 0) is 30.9 Å². The number of oxazole rings is 1. The van der Waals surface area contributed by atoms with E-state index < -0.39 is 17.5 Å². The summed E-state index contributed by atoms with van der Waals surface area (Å²) in [5, 5.41) is 11.6. The van der Waals surface area contributed by atoms with Gasteiger partial charge in [0, 0.05) is 36.3 Å². The fourth-order valence-corrected chi connectivity index (χ4v) is 4.55. The third-order valence-corrected chi connectivity index (χ3v) is 6.31. The summed E-state index contributed by atoms with van der Waals surface area (Å²) in [6, 6.07) is 6.94. The second-order valence-corrected chi connectivity index (χ2v) is 8.73. The number of carbonyl (C=O) groups excluding carboxylic acids is 1. The summed E-state index contributed by atoms with van der Waals surface area (Å²) in [4.78, 5) is 20.7. The van der Waals surface area contributed by atoms with Gasteiger partial charge in [0.2, 0.25) is 0 Å². The third kappa shape index (κ3) is 4.21. The minimum Gasteiger partial charge on any atom is -0.424 e. The molecule has 0 bridgehead atoms. The van der Waals surface area contributed by atoms with E-state index in [1.54, 1.807) is 23.1 Å². The Hall–Kier alpha value is -3.53. The summed E-state index contributed by atoms with van der Waals surface area (Å²) < 4.78 is 34.6. The Morgan fingerprint density at radius 3 is 2.82 bits per heavy atom. The molecule has 1 fully saturated rings. The average Bonchev–Trinajstić information content (AvgIpc) is 3.47. The number of nitrogens with zero attached hydrogens (tertiary/aromatic N) is 5. The number of likely N-dealkylation sites (tertiary alicyclic amines) is 1. The summed E-state index contributed by atoms with van der Waals surface area (Å²) >= 11 is 6.01. The fourth-order valence-electron chi connectivity index (χ4n) is 4.39. The van der Waals surface area contributed by atoms with Gasteiger partial charge in [-0.1, -0.05) is 18.5 Å². The Morgan fingerprint density at radius 1 is 1.24 bits per heavy atom. The smallest absolute Gasteiger partial charge is 0.295 e. The van der Waals surface area contributed by atoms with Gasteiger partial charge >= 0.3 is 0 Å². The van der Waals surface area contributed by atoms with E-state index in [2.05, 4.69) is 20.5 Å². The van der Waals surface area contributed by atoms with Crippen LogP contribution < -0.4 is 5.32 Å². The van der Waals surface area contributed by atoms with Crippen LogP contribution in [-0.4, -0.2) is 49.9 Å². The Balaban J connectivity index is 1.43. The van der Waals surface area contributed by atoms with Gasteiger partial charge in [0.15, 0.2) is 5.58 Å². The minimum atomic E-state index is -0.960. The highest BCUT2D eigenvalue weighted by atomic mass is 35.5. The lowest BCUT2D eigenvalue weighted by Gasteiger charge is -2.40. The van der Waals surface area contributed by atoms with Crippen molar-refractivity contribution >= 4 is 34.6 Å². The van der Waals surface area contributed by atoms with E-state index in [0.717, 1.165) is 23.7 Å². The molecule has 1 aliphatic rings. The van der Waals surface area contributed by atoms with Gasteiger partial charge in [-0.2, -0.15) is 20.0 Å². The standard InChI is InChI=1S/C23H21ClF2N6O2/c1-13-3-2-8-31(19(13)12-27-23-30-17-5-4-14(24)9-20(17)34-23)22(33)21-16(26)10-15(25)11-18(21)32-28-6-7-29-32/h4-7,9-11,13,19H,2-3,8,12H2,1H3,(H,27,30)/t13-,19-/m1/s1. The van der Waals surface area contributed by atoms with Crippen LogP contribution in [0, 0.1) is 17.6 Å². The zero-order chi connectivity index (χ0) is 23.8. The number of anilines is 1. The summed E-state index contributed by atoms with van der Waals surface area (Å²) in [7, 11) is 0. The van der Waals surface area contributed by atoms with E-state index in [1.165, 1.54) is 12.4 Å². The first-order valence-corrected chi connectivity index (χ1v) is 11.2. The Morgan fingerprint density at radius 2 is 2.03 bits per heavy atom. The van der Waals surface area contributed by atoms with Crippen LogP contribution in [0.3, 0.4) is 0 Å². The molecule has 176 valence electrons. The van der Waals surface area contributed by atoms with Gasteiger partial charge in [0.25, 0.3) is 11.9 Å². The second-order valence-electron chi connectivity index (χ2n) is 8.30. The van der Waals surface area contributed by atoms with Crippen molar-refractivity contribution in [1.29, 1.82) is 0 Å². The van der Waals surface area contributed by atoms with Crippen molar-refractivity contribution in [3.63, 3.8) is 0 Å². The number of amides is 1. The lowest BCUT2D eigenvalue weighted by molar-refractivity contribution is 0.0534. The first-order valence-electron chi connectivity index (χ1n) is 10.9. The molecule has 4 aromatic rings. The molecule has 0 unspecified atom stereocenters. The Kier molecular flexibility index (Phi) is 5.91. The van der Waals surface area contributed by atoms with Crippen molar-refractivity contribution < 1.29 is 18.0 Å². The Labute approximate surface area is 198 Å². The van der Waals surface area contributed by atoms with Gasteiger partial charge in [-0.25, -0.2) is 8.78 Å². The minimum absolute atomic E-state index is 0.0479. The molecule has 8 nitrogen and oxygen atoms in total. The topological polar surface area (TPSA) is 89.1 Å². The zero-order valence-corrected chi connectivity index (χ0v) is 19.0. The van der Waals surface area contributed by atoms with Crippen LogP contribution in [0.25, 0.3) is 16.8 Å². The maximum atomic E-state index is 14.9. The van der Waals surface area contributed by atoms with E-state index in [-0.39, 0.29) is 23.2 Å². The monoisotopic (exact) mass is 486 g/mol. The molecule has 0 spiro atoms. The van der Waals surface area contributed by atoms with Crippen LogP contribution in [0.4, 0.5) is 14.8 Å². The SMILES string of the molecule is C[C@@H]1CCCN(C(=O)c2c(F)cc(F)cc2-n2nccn2)[C@@H]1CNc1nc2ccc(Cl)cc2o1. The molecular weight excluding hydrogens is 466 g/mol. The number of piperidine rings is 1. The number of aromatic nitrogens is 4. The van der Waals surface area contributed by atoms with E-state index in [9.17, 15) is 13.6 Å². The highest BCUT2D eigenvalue weighted by Crippen LogP contribution is 2.29. The molecular formula is C23H21ClF2N6O2. The number of nitrogens with one attached hydrogen (secondary N) is 1. The number of rotatable bonds is 5. The third-order valence-electron chi connectivity index (χ3n) is 6.07. The van der Waals surface area contributed by atoms with Crippen LogP contribution in [0.2, 0.25) is 5.02 Å². The van der Waals surface area contributed by atoms with Gasteiger partial charge in [-0.15, -0.1) is 0 Å². The van der Waals surface area contributed by atoms with E-state index in [4.69, 9.17) is 16.0 Å². The molecule has 3 heterocycles. The fraction of sp³-hybridized carbons (Fsp3) is 0.304. The van der Waals surface area contributed by atoms with Gasteiger partial charge in [0.05, 0.1) is 18.4 Å². The van der Waals surface area contributed by atoms with Crippen molar-refractivity contribution in [3.8, 4) is 5.69 Å². The molecule has 2 aromatic carbocycles. The number of hydrogen-bond donors (Lipinski definition) is 1. The molecule has 1 saturated heterocycles. The molecule has 1 aliphatic heterocycles. The predicted molar refractivity (Wildman–Crippen MR) is 122 cm³/mol. The van der Waals surface area contributed by atoms with Crippen molar-refractivity contribution in [2.24, 2.45) is 5.92 Å². The van der Waals surface area contributed by atoms with Crippen molar-refractivity contribution in [3.05, 3.63) is 64.9 Å². The van der Waals surface area contributed by atoms with Crippen molar-refractivity contribution in [2.45, 2.75) is 25.8 Å². The number of hydrogen-bond acceptors (Lipinski definition) is 6. The van der Waals surface area contributed by atoms with E-state index >= 15 is 0 Å². The zero-order valence-electron chi connectivity index (χ0n) is 18.2. The number of carbonyl (C=O) groups is 1. The van der Waals surface area contributed by atoms with Crippen molar-refractivity contribution in [1.82, 2.24) is 24.9 Å². The first kappa shape index (κ1) is 22.3. The molecule has 0 aliphatic carbocycles. The normalized spacial score (nSPS) is 18.4. The summed E-state index contributed by atoms with van der Waals surface area (Å²) in [6.45, 7) is 2.81. The predicted octanol–water partition coefficient (Wildman–Crippen LogP) is 4.69. The number of halogens is 3. The Bertz CT molecular complexity index is 1340. The van der Waals surface area contributed by atoms with E-state index in [1.807, 2.05) is 6.92 Å². The van der Waals surface area contributed by atoms with Crippen LogP contribution >= 0.6 is 11.6 Å². The maximum Gasteiger partial charge on any atom is 0.295 e. The quantitative estimate of drug-likeness (QED) is 0.440. The highest BCUT2D eigenvalue weighted by molar-refractivity contribution is 6.31. The van der Waals surface area contributed by atoms with Crippen LogP contribution in [-0.2, 0) is 0 Å². The van der Waals surface area contributed by atoms with Crippen molar-refractivity contribution in [2.75, 3.05) is 18.4 Å². The average molecular weight is 487 g/mol. The molecule has 34 heavy (non-hydrogen) atoms. The van der Waals surface area contributed by atoms with E-state index in [0.29, 0.717) is 41.3 Å². The lowest BCUT2D eigenvalue weighted by atomic mass is 9.90. The van der Waals surface area contributed by atoms with Gasteiger partial charge < -0.3 is 14.6 Å². The van der Waals surface area contributed by atoms with Crippen LogP contribution in [0.1, 0.15) is 30.1 Å². The molecule has 0 radical (unpaired) electrons. The molecule has 0 saturated carbocycles. The molecule has 1 amide bonds. The second kappa shape index (κ2) is 9.02. The van der Waals surface area contributed by atoms with Gasteiger partial charge in [0.1, 0.15) is 28.4 Å². The molecule has 1 N–H and O–H groups in total. The molecule has 11 heteroatoms. The van der Waals surface area contributed by atoms with Gasteiger partial charge in [-0.3, -0.25) is 4.79 Å². The summed E-state index contributed by atoms with van der Waals surface area (Å²) in [5.41, 5.74) is 0.882. The maximum absolute atomic E-state index is 14.9. The number of benzene rings is 2. The summed E-state index contributed by atoms with van der Waals surface area (Å²) in [6.07, 6.45) is 4.42. The molecule has 2 atom stereocenters. The lowest BCUT2D eigenvalue weighted by Crippen LogP contribution is -2.51. The highest BCUT2D eigenvalue weighted by Gasteiger charge is 2.35. The first-order chi connectivity index (χ1) is 16.4. The summed E-state index contributed by atoms with van der Waals surface area (Å²) in [5.74, 6) is -2.20.